The highest BCUT2D eigenvalue weighted by atomic mass is 32.2. The summed E-state index contributed by atoms with van der Waals surface area (Å²) in [4.78, 5) is 14.3. The van der Waals surface area contributed by atoms with Crippen molar-refractivity contribution in [2.45, 2.75) is 65.4 Å². The number of hydrogen-bond donors (Lipinski definition) is 1. The molecular formula is C19H29N5O2S. The van der Waals surface area contributed by atoms with Gasteiger partial charge in [-0.05, 0) is 64.8 Å². The second-order valence-corrected chi connectivity index (χ2v) is 8.10. The van der Waals surface area contributed by atoms with Crippen molar-refractivity contribution in [1.29, 1.82) is 0 Å². The first kappa shape index (κ1) is 21.1. The molecule has 0 saturated carbocycles. The highest BCUT2D eigenvalue weighted by Gasteiger charge is 2.21. The Morgan fingerprint density at radius 1 is 1.15 bits per heavy atom. The molecule has 7 nitrogen and oxygen atoms in total. The molecular weight excluding hydrogens is 362 g/mol. The first-order chi connectivity index (χ1) is 12.7. The van der Waals surface area contributed by atoms with E-state index in [1.165, 1.54) is 16.4 Å². The van der Waals surface area contributed by atoms with Gasteiger partial charge in [-0.15, -0.1) is 10.2 Å². The maximum Gasteiger partial charge on any atom is 0.233 e. The van der Waals surface area contributed by atoms with Crippen molar-refractivity contribution in [3.05, 3.63) is 35.2 Å². The minimum atomic E-state index is 0.0565. The maximum atomic E-state index is 12.5. The van der Waals surface area contributed by atoms with Gasteiger partial charge in [0, 0.05) is 12.1 Å². The average Bonchev–Trinajstić information content (AvgIpc) is 2.89. The van der Waals surface area contributed by atoms with E-state index in [1.807, 2.05) is 58.6 Å². The van der Waals surface area contributed by atoms with Crippen LogP contribution in [0.5, 0.6) is 5.75 Å². The predicted molar refractivity (Wildman–Crippen MR) is 108 cm³/mol. The summed E-state index contributed by atoms with van der Waals surface area (Å²) < 4.78 is 7.17. The molecule has 27 heavy (non-hydrogen) atoms. The molecule has 0 fully saturated rings. The molecule has 0 bridgehead atoms. The highest BCUT2D eigenvalue weighted by molar-refractivity contribution is 7.99. The Hall–Kier alpha value is -2.22. The fourth-order valence-corrected chi connectivity index (χ4v) is 3.79. The van der Waals surface area contributed by atoms with Crippen LogP contribution in [0.15, 0.2) is 23.4 Å². The van der Waals surface area contributed by atoms with Crippen molar-refractivity contribution >= 4 is 17.7 Å². The molecule has 1 aromatic carbocycles. The van der Waals surface area contributed by atoms with E-state index in [2.05, 4.69) is 16.3 Å². The number of nitrogens with zero attached hydrogens (tertiary/aromatic N) is 4. The van der Waals surface area contributed by atoms with Crippen molar-refractivity contribution in [2.24, 2.45) is 0 Å². The summed E-state index contributed by atoms with van der Waals surface area (Å²) in [5, 5.41) is 8.67. The van der Waals surface area contributed by atoms with Crippen LogP contribution in [0.25, 0.3) is 0 Å². The van der Waals surface area contributed by atoms with Gasteiger partial charge in [-0.25, -0.2) is 4.68 Å². The third-order valence-electron chi connectivity index (χ3n) is 4.02. The van der Waals surface area contributed by atoms with E-state index in [-0.39, 0.29) is 30.4 Å². The first-order valence-corrected chi connectivity index (χ1v) is 10.0. The van der Waals surface area contributed by atoms with Gasteiger partial charge >= 0.3 is 0 Å². The highest BCUT2D eigenvalue weighted by Crippen LogP contribution is 2.20. The monoisotopic (exact) mass is 391 g/mol. The number of carbonyl (C=O) groups excluding carboxylic acids is 1. The molecule has 2 rings (SSSR count). The number of carbonyl (C=O) groups is 1. The van der Waals surface area contributed by atoms with Crippen molar-refractivity contribution < 1.29 is 9.53 Å². The van der Waals surface area contributed by atoms with E-state index >= 15 is 0 Å². The summed E-state index contributed by atoms with van der Waals surface area (Å²) in [6.07, 6.45) is 0. The molecule has 1 aromatic heterocycles. The third kappa shape index (κ3) is 5.63. The van der Waals surface area contributed by atoms with Crippen molar-refractivity contribution in [2.75, 3.05) is 11.6 Å². The van der Waals surface area contributed by atoms with Crippen LogP contribution in [-0.4, -0.2) is 43.5 Å². The van der Waals surface area contributed by atoms with Gasteiger partial charge in [-0.2, -0.15) is 0 Å². The van der Waals surface area contributed by atoms with Gasteiger partial charge in [0.1, 0.15) is 12.4 Å². The van der Waals surface area contributed by atoms with Gasteiger partial charge in [-0.3, -0.25) is 4.79 Å². The summed E-state index contributed by atoms with van der Waals surface area (Å²) >= 11 is 1.28. The standard InChI is InChI=1S/C19H29N5O2S/c1-12(2)23(13(3)4)18(25)11-27-19-22-21-17(24(19)20)10-26-16-8-14(5)7-15(6)9-16/h7-9,12-13H,10-11,20H2,1-6H3. The summed E-state index contributed by atoms with van der Waals surface area (Å²) in [5.74, 6) is 7.68. The Kier molecular flexibility index (Phi) is 7.12. The lowest BCUT2D eigenvalue weighted by molar-refractivity contribution is -0.131. The van der Waals surface area contributed by atoms with Crippen LogP contribution in [0.3, 0.4) is 0 Å². The molecule has 0 atom stereocenters. The minimum absolute atomic E-state index is 0.0565. The number of thioether (sulfide) groups is 1. The topological polar surface area (TPSA) is 86.3 Å². The van der Waals surface area contributed by atoms with E-state index < -0.39 is 0 Å². The first-order valence-electron chi connectivity index (χ1n) is 9.03. The van der Waals surface area contributed by atoms with Gasteiger partial charge < -0.3 is 15.5 Å². The number of nitrogen functional groups attached to an aromatic ring is 1. The van der Waals surface area contributed by atoms with Gasteiger partial charge in [-0.1, -0.05) is 17.8 Å². The third-order valence-corrected chi connectivity index (χ3v) is 4.95. The van der Waals surface area contributed by atoms with Crippen LogP contribution in [0.4, 0.5) is 0 Å². The Balaban J connectivity index is 1.97. The van der Waals surface area contributed by atoms with Gasteiger partial charge in [0.05, 0.1) is 5.75 Å². The summed E-state index contributed by atoms with van der Waals surface area (Å²) in [6.45, 7) is 12.3. The Morgan fingerprint density at radius 3 is 2.30 bits per heavy atom. The van der Waals surface area contributed by atoms with Crippen LogP contribution >= 0.6 is 11.8 Å². The molecule has 2 aromatic rings. The molecule has 0 aliphatic heterocycles. The van der Waals surface area contributed by atoms with Crippen LogP contribution < -0.4 is 10.6 Å². The molecule has 0 aliphatic carbocycles. The normalized spacial score (nSPS) is 11.3. The van der Waals surface area contributed by atoms with Crippen LogP contribution in [-0.2, 0) is 11.4 Å². The van der Waals surface area contributed by atoms with Crippen LogP contribution in [0, 0.1) is 13.8 Å². The van der Waals surface area contributed by atoms with E-state index in [0.717, 1.165) is 16.9 Å². The van der Waals surface area contributed by atoms with Crippen molar-refractivity contribution in [3.63, 3.8) is 0 Å². The number of rotatable bonds is 8. The van der Waals surface area contributed by atoms with Crippen LogP contribution in [0.2, 0.25) is 0 Å². The number of amides is 1. The van der Waals surface area contributed by atoms with E-state index in [9.17, 15) is 4.79 Å². The zero-order chi connectivity index (χ0) is 20.1. The number of aryl methyl sites for hydroxylation is 2. The Bertz CT molecular complexity index is 760. The molecule has 2 N–H and O–H groups in total. The van der Waals surface area contributed by atoms with Crippen molar-refractivity contribution in [1.82, 2.24) is 19.8 Å². The van der Waals surface area contributed by atoms with E-state index in [4.69, 9.17) is 10.6 Å². The second kappa shape index (κ2) is 9.12. The molecule has 1 heterocycles. The number of aromatic nitrogens is 3. The summed E-state index contributed by atoms with van der Waals surface area (Å²) in [6, 6.07) is 6.31. The zero-order valence-corrected chi connectivity index (χ0v) is 17.7. The Labute approximate surface area is 165 Å². The maximum absolute atomic E-state index is 12.5. The number of hydrogen-bond acceptors (Lipinski definition) is 6. The minimum Gasteiger partial charge on any atom is -0.486 e. The molecule has 1 amide bonds. The fraction of sp³-hybridized carbons (Fsp3) is 0.526. The Morgan fingerprint density at radius 2 is 1.74 bits per heavy atom. The van der Waals surface area contributed by atoms with Crippen molar-refractivity contribution in [3.8, 4) is 5.75 Å². The molecule has 0 radical (unpaired) electrons. The number of benzene rings is 1. The predicted octanol–water partition coefficient (Wildman–Crippen LogP) is 2.93. The van der Waals surface area contributed by atoms with E-state index in [1.54, 1.807) is 0 Å². The number of nitrogens with two attached hydrogens (primary N) is 1. The zero-order valence-electron chi connectivity index (χ0n) is 16.9. The van der Waals surface area contributed by atoms with Gasteiger partial charge in [0.25, 0.3) is 0 Å². The second-order valence-electron chi connectivity index (χ2n) is 7.16. The quantitative estimate of drug-likeness (QED) is 0.550. The summed E-state index contributed by atoms with van der Waals surface area (Å²) in [7, 11) is 0. The number of ether oxygens (including phenoxy) is 1. The van der Waals surface area contributed by atoms with E-state index in [0.29, 0.717) is 11.0 Å². The molecule has 0 aliphatic rings. The SMILES string of the molecule is Cc1cc(C)cc(OCc2nnc(SCC(=O)N(C(C)C)C(C)C)n2N)c1. The molecule has 148 valence electrons. The lowest BCUT2D eigenvalue weighted by atomic mass is 10.1. The molecule has 0 spiro atoms. The lowest BCUT2D eigenvalue weighted by Gasteiger charge is -2.30. The van der Waals surface area contributed by atoms with Crippen LogP contribution in [0.1, 0.15) is 44.6 Å². The van der Waals surface area contributed by atoms with Gasteiger partial charge in [0.2, 0.25) is 11.1 Å². The molecule has 0 saturated heterocycles. The lowest BCUT2D eigenvalue weighted by Crippen LogP contribution is -2.43. The van der Waals surface area contributed by atoms with Gasteiger partial charge in [0.15, 0.2) is 5.82 Å². The summed E-state index contributed by atoms with van der Waals surface area (Å²) in [5.41, 5.74) is 2.27. The fourth-order valence-electron chi connectivity index (χ4n) is 3.04. The molecule has 8 heteroatoms. The largest absolute Gasteiger partial charge is 0.486 e. The smallest absolute Gasteiger partial charge is 0.233 e. The average molecular weight is 392 g/mol. The molecule has 0 unspecified atom stereocenters.